The second-order valence-corrected chi connectivity index (χ2v) is 6.60. The first-order valence-electron chi connectivity index (χ1n) is 7.99. The van der Waals surface area contributed by atoms with Crippen LogP contribution in [0.15, 0.2) is 18.2 Å². The van der Waals surface area contributed by atoms with Crippen molar-refractivity contribution in [1.82, 2.24) is 5.32 Å². The number of carbonyl (C=O) groups is 3. The van der Waals surface area contributed by atoms with Crippen LogP contribution in [0.1, 0.15) is 18.9 Å². The van der Waals surface area contributed by atoms with Crippen LogP contribution in [0.4, 0.5) is 10.5 Å². The van der Waals surface area contributed by atoms with E-state index >= 15 is 0 Å². The lowest BCUT2D eigenvalue weighted by molar-refractivity contribution is -0.155. The molecule has 26 heavy (non-hydrogen) atoms. The minimum absolute atomic E-state index is 0.350. The van der Waals surface area contributed by atoms with E-state index in [0.717, 1.165) is 5.56 Å². The summed E-state index contributed by atoms with van der Waals surface area (Å²) in [7, 11) is 1.50. The lowest BCUT2D eigenvalue weighted by Crippen LogP contribution is -2.46. The minimum atomic E-state index is -1.06. The summed E-state index contributed by atoms with van der Waals surface area (Å²) in [6.07, 6.45) is 1.17. The molecule has 1 rings (SSSR count). The highest BCUT2D eigenvalue weighted by Crippen LogP contribution is 2.25. The largest absolute Gasteiger partial charge is 0.495 e. The van der Waals surface area contributed by atoms with Crippen molar-refractivity contribution in [1.29, 1.82) is 0 Å². The van der Waals surface area contributed by atoms with Crippen molar-refractivity contribution < 1.29 is 23.9 Å². The third-order valence-electron chi connectivity index (χ3n) is 3.49. The van der Waals surface area contributed by atoms with Gasteiger partial charge >= 0.3 is 12.0 Å². The number of hydrogen-bond donors (Lipinski definition) is 3. The van der Waals surface area contributed by atoms with Gasteiger partial charge in [0.2, 0.25) is 0 Å². The zero-order valence-electron chi connectivity index (χ0n) is 15.3. The predicted octanol–water partition coefficient (Wildman–Crippen LogP) is 1.66. The molecule has 0 aliphatic heterocycles. The molecule has 1 aromatic rings. The molecule has 0 spiro atoms. The molecule has 2 atom stereocenters. The number of hydrogen-bond acceptors (Lipinski definition) is 6. The molecule has 0 heterocycles. The molecule has 1 aromatic carbocycles. The normalized spacial score (nSPS) is 12.6. The van der Waals surface area contributed by atoms with Crippen LogP contribution in [0.3, 0.4) is 0 Å². The summed E-state index contributed by atoms with van der Waals surface area (Å²) in [5.74, 6) is -0.0986. The van der Waals surface area contributed by atoms with Gasteiger partial charge in [-0.1, -0.05) is 6.07 Å². The molecule has 3 amide bonds. The average Bonchev–Trinajstić information content (AvgIpc) is 2.58. The highest BCUT2D eigenvalue weighted by atomic mass is 32.2. The smallest absolute Gasteiger partial charge is 0.329 e. The summed E-state index contributed by atoms with van der Waals surface area (Å²) in [6.45, 7) is 3.33. The molecular weight excluding hydrogens is 358 g/mol. The second-order valence-electron chi connectivity index (χ2n) is 5.61. The van der Waals surface area contributed by atoms with Gasteiger partial charge in [-0.15, -0.1) is 0 Å². The number of aryl methyl sites for hydroxylation is 1. The molecule has 144 valence electrons. The Morgan fingerprint density at radius 3 is 2.58 bits per heavy atom. The topological polar surface area (TPSA) is 120 Å². The number of amides is 3. The molecule has 0 saturated carbocycles. The van der Waals surface area contributed by atoms with Crippen molar-refractivity contribution in [2.24, 2.45) is 5.73 Å². The van der Waals surface area contributed by atoms with E-state index < -0.39 is 30.1 Å². The molecular formula is C17H25N3O5S. The fourth-order valence-electron chi connectivity index (χ4n) is 2.12. The fraction of sp³-hybridized carbons (Fsp3) is 0.471. The maximum absolute atomic E-state index is 12.3. The number of urea groups is 1. The van der Waals surface area contributed by atoms with E-state index in [-0.39, 0.29) is 0 Å². The van der Waals surface area contributed by atoms with E-state index in [0.29, 0.717) is 23.6 Å². The number of benzene rings is 1. The Balaban J connectivity index is 2.74. The Bertz CT molecular complexity index is 653. The molecule has 9 heteroatoms. The molecule has 0 bridgehead atoms. The van der Waals surface area contributed by atoms with Gasteiger partial charge in [0.05, 0.1) is 12.8 Å². The summed E-state index contributed by atoms with van der Waals surface area (Å²) in [5.41, 5.74) is 6.50. The minimum Gasteiger partial charge on any atom is -0.495 e. The van der Waals surface area contributed by atoms with Gasteiger partial charge < -0.3 is 25.8 Å². The number of nitrogens with two attached hydrogens (primary N) is 1. The van der Waals surface area contributed by atoms with Crippen LogP contribution in [0.25, 0.3) is 0 Å². The lowest BCUT2D eigenvalue weighted by atomic mass is 10.2. The van der Waals surface area contributed by atoms with Crippen LogP contribution in [0, 0.1) is 6.92 Å². The zero-order valence-corrected chi connectivity index (χ0v) is 16.1. The van der Waals surface area contributed by atoms with Crippen molar-refractivity contribution in [3.63, 3.8) is 0 Å². The number of thioether (sulfide) groups is 1. The number of carbonyl (C=O) groups excluding carboxylic acids is 3. The van der Waals surface area contributed by atoms with E-state index in [4.69, 9.17) is 15.2 Å². The SMILES string of the molecule is COc1ccc(C)cc1NC(=O)[C@H](C)OC(=O)[C@@H](CCSC)NC(N)=O. The standard InChI is InChI=1S/C17H25N3O5S/c1-10-5-6-14(24-3)13(9-10)19-15(21)11(2)25-16(22)12(7-8-26-4)20-17(18)23/h5-6,9,11-12H,7-8H2,1-4H3,(H,19,21)(H3,18,20,23)/t11-,12+/m0/s1. The quantitative estimate of drug-likeness (QED) is 0.558. The second kappa shape index (κ2) is 10.5. The van der Waals surface area contributed by atoms with E-state index in [9.17, 15) is 14.4 Å². The fourth-order valence-corrected chi connectivity index (χ4v) is 2.59. The number of primary amides is 1. The highest BCUT2D eigenvalue weighted by molar-refractivity contribution is 7.98. The Hall–Kier alpha value is -2.42. The molecule has 4 N–H and O–H groups in total. The Labute approximate surface area is 157 Å². The van der Waals surface area contributed by atoms with Gasteiger partial charge in [0.15, 0.2) is 6.10 Å². The van der Waals surface area contributed by atoms with Gasteiger partial charge in [0.1, 0.15) is 11.8 Å². The monoisotopic (exact) mass is 383 g/mol. The van der Waals surface area contributed by atoms with E-state index in [2.05, 4.69) is 10.6 Å². The third kappa shape index (κ3) is 6.83. The Morgan fingerprint density at radius 1 is 1.31 bits per heavy atom. The number of esters is 1. The maximum Gasteiger partial charge on any atom is 0.329 e. The summed E-state index contributed by atoms with van der Waals surface area (Å²) in [6, 6.07) is 3.61. The van der Waals surface area contributed by atoms with Crippen molar-refractivity contribution in [3.05, 3.63) is 23.8 Å². The summed E-state index contributed by atoms with van der Waals surface area (Å²) in [5, 5.41) is 5.01. The number of rotatable bonds is 9. The number of methoxy groups -OCH3 is 1. The van der Waals surface area contributed by atoms with Crippen LogP contribution in [0.5, 0.6) is 5.75 Å². The van der Waals surface area contributed by atoms with Gasteiger partial charge in [-0.3, -0.25) is 4.79 Å². The van der Waals surface area contributed by atoms with Crippen LogP contribution >= 0.6 is 11.8 Å². The zero-order chi connectivity index (χ0) is 19.7. The van der Waals surface area contributed by atoms with Gasteiger partial charge in [0, 0.05) is 0 Å². The summed E-state index contributed by atoms with van der Waals surface area (Å²) < 4.78 is 10.4. The lowest BCUT2D eigenvalue weighted by Gasteiger charge is -2.20. The Morgan fingerprint density at radius 2 is 2.00 bits per heavy atom. The average molecular weight is 383 g/mol. The number of ether oxygens (including phenoxy) is 2. The van der Waals surface area contributed by atoms with Gasteiger partial charge in [0.25, 0.3) is 5.91 Å². The van der Waals surface area contributed by atoms with E-state index in [1.54, 1.807) is 12.1 Å². The van der Waals surface area contributed by atoms with Gasteiger partial charge in [-0.05, 0) is 50.0 Å². The first-order valence-corrected chi connectivity index (χ1v) is 9.38. The van der Waals surface area contributed by atoms with Crippen molar-refractivity contribution in [2.45, 2.75) is 32.4 Å². The van der Waals surface area contributed by atoms with Crippen LogP contribution in [0.2, 0.25) is 0 Å². The van der Waals surface area contributed by atoms with E-state index in [1.165, 1.54) is 25.8 Å². The van der Waals surface area contributed by atoms with Crippen LogP contribution in [-0.4, -0.2) is 49.2 Å². The summed E-state index contributed by atoms with van der Waals surface area (Å²) >= 11 is 1.51. The van der Waals surface area contributed by atoms with Crippen LogP contribution < -0.4 is 21.1 Å². The molecule has 0 aliphatic rings. The first-order chi connectivity index (χ1) is 12.3. The predicted molar refractivity (Wildman–Crippen MR) is 101 cm³/mol. The molecule has 0 unspecified atom stereocenters. The van der Waals surface area contributed by atoms with Gasteiger partial charge in [-0.25, -0.2) is 9.59 Å². The first kappa shape index (κ1) is 21.6. The van der Waals surface area contributed by atoms with E-state index in [1.807, 2.05) is 19.2 Å². The molecule has 0 fully saturated rings. The highest BCUT2D eigenvalue weighted by Gasteiger charge is 2.26. The number of anilines is 1. The molecule has 0 radical (unpaired) electrons. The maximum atomic E-state index is 12.3. The molecule has 0 aliphatic carbocycles. The molecule has 0 saturated heterocycles. The van der Waals surface area contributed by atoms with Crippen molar-refractivity contribution in [3.8, 4) is 5.75 Å². The van der Waals surface area contributed by atoms with Crippen molar-refractivity contribution >= 4 is 35.4 Å². The Kier molecular flexibility index (Phi) is 8.77. The van der Waals surface area contributed by atoms with Gasteiger partial charge in [-0.2, -0.15) is 11.8 Å². The summed E-state index contributed by atoms with van der Waals surface area (Å²) in [4.78, 5) is 35.6. The van der Waals surface area contributed by atoms with Crippen LogP contribution in [-0.2, 0) is 14.3 Å². The molecule has 8 nitrogen and oxygen atoms in total. The molecule has 0 aromatic heterocycles. The van der Waals surface area contributed by atoms with Crippen molar-refractivity contribution in [2.75, 3.05) is 24.4 Å². The third-order valence-corrected chi connectivity index (χ3v) is 4.13. The number of nitrogens with one attached hydrogen (secondary N) is 2.